The van der Waals surface area contributed by atoms with Gasteiger partial charge in [0.2, 0.25) is 5.91 Å². The molecule has 1 fully saturated rings. The highest BCUT2D eigenvalue weighted by Gasteiger charge is 2.44. The zero-order valence-corrected chi connectivity index (χ0v) is 19.4. The summed E-state index contributed by atoms with van der Waals surface area (Å²) in [5.74, 6) is -0.612. The number of hydrogen-bond acceptors (Lipinski definition) is 3. The summed E-state index contributed by atoms with van der Waals surface area (Å²) in [6.07, 6.45) is 1.60. The molecule has 2 N–H and O–H groups in total. The van der Waals surface area contributed by atoms with E-state index in [9.17, 15) is 14.4 Å². The number of nitriles is 1. The van der Waals surface area contributed by atoms with Crippen LogP contribution >= 0.6 is 0 Å². The van der Waals surface area contributed by atoms with Crippen molar-refractivity contribution in [1.29, 1.82) is 5.26 Å². The third kappa shape index (κ3) is 4.49. The summed E-state index contributed by atoms with van der Waals surface area (Å²) < 4.78 is 13.6. The van der Waals surface area contributed by atoms with Gasteiger partial charge in [-0.05, 0) is 79.4 Å². The Morgan fingerprint density at radius 1 is 1.18 bits per heavy atom. The fourth-order valence-corrected chi connectivity index (χ4v) is 5.38. The molecule has 1 heterocycles. The normalized spacial score (nSPS) is 22.3. The van der Waals surface area contributed by atoms with Crippen LogP contribution in [0.25, 0.3) is 10.8 Å². The van der Waals surface area contributed by atoms with Gasteiger partial charge in [0.15, 0.2) is 0 Å². The predicted molar refractivity (Wildman–Crippen MR) is 129 cm³/mol. The first-order valence-electron chi connectivity index (χ1n) is 11.6. The molecule has 3 aromatic rings. The lowest BCUT2D eigenvalue weighted by Gasteiger charge is -2.45. The molecule has 1 aliphatic rings. The maximum absolute atomic E-state index is 13.6. The number of benzene rings is 3. The number of amides is 1. The van der Waals surface area contributed by atoms with E-state index in [-0.39, 0.29) is 35.1 Å². The molecule has 4 unspecified atom stereocenters. The van der Waals surface area contributed by atoms with Crippen molar-refractivity contribution in [3.05, 3.63) is 83.2 Å². The van der Waals surface area contributed by atoms with E-state index in [2.05, 4.69) is 23.6 Å². The average molecular weight is 444 g/mol. The number of halogens is 1. The van der Waals surface area contributed by atoms with Crippen molar-refractivity contribution in [3.63, 3.8) is 0 Å². The summed E-state index contributed by atoms with van der Waals surface area (Å²) in [6, 6.07) is 20.5. The van der Waals surface area contributed by atoms with Gasteiger partial charge in [0, 0.05) is 17.4 Å². The number of nitrogens with one attached hydrogen (secondary N) is 2. The standard InChI is InChI=1S/C28H30FN3O/c1-18-16-28(12-13-31-18,23-8-10-24(29)11-9-23)19(2)27(33)32-20(3)26-15-21(17-30)14-22-6-4-5-7-25(22)26/h4-11,14-15,18-20,31H,12-13,16H2,1-3H3,(H,32,33). The molecular weight excluding hydrogens is 413 g/mol. The lowest BCUT2D eigenvalue weighted by Crippen LogP contribution is -2.52. The Morgan fingerprint density at radius 2 is 1.91 bits per heavy atom. The molecule has 1 saturated heterocycles. The summed E-state index contributed by atoms with van der Waals surface area (Å²) in [5.41, 5.74) is 2.13. The molecular formula is C28H30FN3O. The molecule has 4 rings (SSSR count). The molecule has 0 spiro atoms. The minimum absolute atomic E-state index is 0.0348. The van der Waals surface area contributed by atoms with Crippen LogP contribution in [0.15, 0.2) is 60.7 Å². The molecule has 0 aromatic heterocycles. The van der Waals surface area contributed by atoms with Crippen molar-refractivity contribution in [2.24, 2.45) is 5.92 Å². The average Bonchev–Trinajstić information content (AvgIpc) is 2.83. The van der Waals surface area contributed by atoms with Crippen molar-refractivity contribution in [2.45, 2.75) is 51.1 Å². The summed E-state index contributed by atoms with van der Waals surface area (Å²) >= 11 is 0. The van der Waals surface area contributed by atoms with E-state index in [1.807, 2.05) is 62.4 Å². The van der Waals surface area contributed by atoms with Crippen LogP contribution in [0.5, 0.6) is 0 Å². The molecule has 4 atom stereocenters. The zero-order valence-electron chi connectivity index (χ0n) is 19.4. The van der Waals surface area contributed by atoms with Gasteiger partial charge in [0.05, 0.1) is 17.7 Å². The van der Waals surface area contributed by atoms with E-state index in [1.54, 1.807) is 0 Å². The number of fused-ring (bicyclic) bond motifs is 1. The van der Waals surface area contributed by atoms with Crippen LogP contribution < -0.4 is 10.6 Å². The Labute approximate surface area is 194 Å². The van der Waals surface area contributed by atoms with E-state index in [0.717, 1.165) is 41.3 Å². The number of piperidine rings is 1. The summed E-state index contributed by atoms with van der Waals surface area (Å²) in [5, 5.41) is 18.2. The van der Waals surface area contributed by atoms with Crippen molar-refractivity contribution >= 4 is 16.7 Å². The van der Waals surface area contributed by atoms with Crippen molar-refractivity contribution in [1.82, 2.24) is 10.6 Å². The van der Waals surface area contributed by atoms with Gasteiger partial charge in [0.25, 0.3) is 0 Å². The van der Waals surface area contributed by atoms with Crippen LogP contribution in [-0.2, 0) is 10.2 Å². The third-order valence-electron chi connectivity index (χ3n) is 7.22. The second-order valence-corrected chi connectivity index (χ2v) is 9.32. The van der Waals surface area contributed by atoms with Crippen molar-refractivity contribution in [3.8, 4) is 6.07 Å². The minimum Gasteiger partial charge on any atom is -0.349 e. The smallest absolute Gasteiger partial charge is 0.224 e. The third-order valence-corrected chi connectivity index (χ3v) is 7.22. The lowest BCUT2D eigenvalue weighted by atomic mass is 9.63. The summed E-state index contributed by atoms with van der Waals surface area (Å²) in [4.78, 5) is 13.6. The molecule has 33 heavy (non-hydrogen) atoms. The maximum Gasteiger partial charge on any atom is 0.224 e. The van der Waals surface area contributed by atoms with E-state index >= 15 is 0 Å². The number of rotatable bonds is 5. The van der Waals surface area contributed by atoms with Crippen molar-refractivity contribution < 1.29 is 9.18 Å². The highest BCUT2D eigenvalue weighted by atomic mass is 19.1. The molecule has 1 amide bonds. The van der Waals surface area contributed by atoms with Crippen molar-refractivity contribution in [2.75, 3.05) is 6.54 Å². The molecule has 0 radical (unpaired) electrons. The van der Waals surface area contributed by atoms with Gasteiger partial charge in [0.1, 0.15) is 5.82 Å². The number of carbonyl (C=O) groups excluding carboxylic acids is 1. The predicted octanol–water partition coefficient (Wildman–Crippen LogP) is 5.37. The Balaban J connectivity index is 1.65. The van der Waals surface area contributed by atoms with E-state index in [4.69, 9.17) is 0 Å². The second kappa shape index (κ2) is 9.33. The van der Waals surface area contributed by atoms with Gasteiger partial charge in [-0.1, -0.05) is 43.3 Å². The van der Waals surface area contributed by atoms with E-state index in [0.29, 0.717) is 5.56 Å². The van der Waals surface area contributed by atoms with Crippen LogP contribution in [0.2, 0.25) is 0 Å². The van der Waals surface area contributed by atoms with Crippen LogP contribution in [0, 0.1) is 23.1 Å². The molecule has 3 aromatic carbocycles. The van der Waals surface area contributed by atoms with Crippen LogP contribution in [0.4, 0.5) is 4.39 Å². The SMILES string of the molecule is CC1CC(c2ccc(F)cc2)(C(C)C(=O)NC(C)c2cc(C#N)cc3ccccc23)CCN1. The Hall–Kier alpha value is -3.23. The fraction of sp³-hybridized carbons (Fsp3) is 0.357. The molecule has 1 aliphatic heterocycles. The van der Waals surface area contributed by atoms with E-state index < -0.39 is 0 Å². The Kier molecular flexibility index (Phi) is 6.49. The van der Waals surface area contributed by atoms with Gasteiger partial charge in [-0.15, -0.1) is 0 Å². The Bertz CT molecular complexity index is 1200. The minimum atomic E-state index is -0.376. The van der Waals surface area contributed by atoms with Gasteiger partial charge in [-0.3, -0.25) is 4.79 Å². The quantitative estimate of drug-likeness (QED) is 0.557. The summed E-state index contributed by atoms with van der Waals surface area (Å²) in [6.45, 7) is 6.88. The number of nitrogens with zero attached hydrogens (tertiary/aromatic N) is 1. The van der Waals surface area contributed by atoms with Gasteiger partial charge in [-0.2, -0.15) is 5.26 Å². The van der Waals surface area contributed by atoms with Gasteiger partial charge < -0.3 is 10.6 Å². The topological polar surface area (TPSA) is 64.9 Å². The molecule has 0 saturated carbocycles. The number of carbonyl (C=O) groups is 1. The summed E-state index contributed by atoms with van der Waals surface area (Å²) in [7, 11) is 0. The van der Waals surface area contributed by atoms with Crippen LogP contribution in [-0.4, -0.2) is 18.5 Å². The Morgan fingerprint density at radius 3 is 2.61 bits per heavy atom. The van der Waals surface area contributed by atoms with Crippen LogP contribution in [0.1, 0.15) is 56.3 Å². The molecule has 170 valence electrons. The first kappa shape index (κ1) is 22.9. The molecule has 0 bridgehead atoms. The largest absolute Gasteiger partial charge is 0.349 e. The molecule has 4 nitrogen and oxygen atoms in total. The van der Waals surface area contributed by atoms with E-state index in [1.165, 1.54) is 12.1 Å². The first-order valence-corrected chi connectivity index (χ1v) is 11.6. The molecule has 5 heteroatoms. The van der Waals surface area contributed by atoms with Gasteiger partial charge in [-0.25, -0.2) is 4.39 Å². The van der Waals surface area contributed by atoms with Crippen LogP contribution in [0.3, 0.4) is 0 Å². The monoisotopic (exact) mass is 443 g/mol. The lowest BCUT2D eigenvalue weighted by molar-refractivity contribution is -0.128. The maximum atomic E-state index is 13.6. The fourth-order valence-electron chi connectivity index (χ4n) is 5.38. The highest BCUT2D eigenvalue weighted by molar-refractivity contribution is 5.88. The second-order valence-electron chi connectivity index (χ2n) is 9.32. The number of hydrogen-bond donors (Lipinski definition) is 2. The molecule has 0 aliphatic carbocycles. The first-order chi connectivity index (χ1) is 15.8. The zero-order chi connectivity index (χ0) is 23.6. The van der Waals surface area contributed by atoms with Gasteiger partial charge >= 0.3 is 0 Å². The highest BCUT2D eigenvalue weighted by Crippen LogP contribution is 2.42.